The molecule has 0 unspecified atom stereocenters. The molecule has 112 valence electrons. The molecule has 4 nitrogen and oxygen atoms in total. The van der Waals surface area contributed by atoms with E-state index in [-0.39, 0.29) is 12.0 Å². The van der Waals surface area contributed by atoms with Gasteiger partial charge in [-0.15, -0.1) is 0 Å². The van der Waals surface area contributed by atoms with Crippen molar-refractivity contribution >= 4 is 5.91 Å². The number of rotatable bonds is 3. The first kappa shape index (κ1) is 15.6. The van der Waals surface area contributed by atoms with Crippen molar-refractivity contribution in [1.29, 1.82) is 0 Å². The van der Waals surface area contributed by atoms with Gasteiger partial charge in [0.05, 0.1) is 6.10 Å². The summed E-state index contributed by atoms with van der Waals surface area (Å²) in [6.07, 6.45) is 2.21. The maximum atomic E-state index is 12.0. The molecule has 1 aliphatic rings. The molecule has 21 heavy (non-hydrogen) atoms. The third kappa shape index (κ3) is 5.22. The lowest BCUT2D eigenvalue weighted by molar-refractivity contribution is 0.0857. The van der Waals surface area contributed by atoms with Gasteiger partial charge in [0.2, 0.25) is 0 Å². The van der Waals surface area contributed by atoms with E-state index in [4.69, 9.17) is 4.74 Å². The lowest BCUT2D eigenvalue weighted by atomic mass is 10.1. The van der Waals surface area contributed by atoms with Crippen LogP contribution in [0.25, 0.3) is 0 Å². The van der Waals surface area contributed by atoms with Gasteiger partial charge in [-0.25, -0.2) is 0 Å². The molecule has 1 saturated heterocycles. The van der Waals surface area contributed by atoms with Gasteiger partial charge in [-0.05, 0) is 51.0 Å². The molecule has 0 saturated carbocycles. The Labute approximate surface area is 125 Å². The summed E-state index contributed by atoms with van der Waals surface area (Å²) in [7, 11) is 0. The summed E-state index contributed by atoms with van der Waals surface area (Å²) in [5, 5.41) is 12.4. The lowest BCUT2D eigenvalue weighted by Crippen LogP contribution is -2.31. The summed E-state index contributed by atoms with van der Waals surface area (Å²) in [6, 6.07) is 7.03. The highest BCUT2D eigenvalue weighted by atomic mass is 16.5. The van der Waals surface area contributed by atoms with Crippen LogP contribution in [0.2, 0.25) is 0 Å². The normalized spacial score (nSPS) is 18.0. The second-order valence-corrected chi connectivity index (χ2v) is 5.73. The number of carbonyl (C=O) groups excluding carboxylic acids is 1. The number of nitrogens with one attached hydrogen (secondary N) is 1. The molecule has 0 bridgehead atoms. The Morgan fingerprint density at radius 2 is 2.14 bits per heavy atom. The summed E-state index contributed by atoms with van der Waals surface area (Å²) in [4.78, 5) is 12.0. The molecular formula is C17H21NO3. The Morgan fingerprint density at radius 3 is 2.71 bits per heavy atom. The SMILES string of the molecule is CC(C)(O)C#Cc1ccc(C(=O)NC[C@@H]2CCCO2)cc1. The summed E-state index contributed by atoms with van der Waals surface area (Å²) < 4.78 is 5.47. The second kappa shape index (κ2) is 6.75. The zero-order chi connectivity index (χ0) is 15.3. The van der Waals surface area contributed by atoms with E-state index in [1.807, 2.05) is 0 Å². The quantitative estimate of drug-likeness (QED) is 0.832. The topological polar surface area (TPSA) is 58.6 Å². The van der Waals surface area contributed by atoms with Gasteiger partial charge >= 0.3 is 0 Å². The number of carbonyl (C=O) groups is 1. The number of aliphatic hydroxyl groups is 1. The van der Waals surface area contributed by atoms with Crippen LogP contribution in [0.1, 0.15) is 42.6 Å². The summed E-state index contributed by atoms with van der Waals surface area (Å²) >= 11 is 0. The molecular weight excluding hydrogens is 266 g/mol. The van der Waals surface area contributed by atoms with E-state index in [1.165, 1.54) is 0 Å². The fourth-order valence-corrected chi connectivity index (χ4v) is 2.04. The zero-order valence-corrected chi connectivity index (χ0v) is 12.5. The van der Waals surface area contributed by atoms with Crippen LogP contribution >= 0.6 is 0 Å². The van der Waals surface area contributed by atoms with E-state index in [2.05, 4.69) is 17.2 Å². The highest BCUT2D eigenvalue weighted by Crippen LogP contribution is 2.11. The minimum Gasteiger partial charge on any atom is -0.378 e. The van der Waals surface area contributed by atoms with Gasteiger partial charge in [-0.2, -0.15) is 0 Å². The average molecular weight is 287 g/mol. The van der Waals surface area contributed by atoms with Gasteiger partial charge < -0.3 is 15.2 Å². The Hall–Kier alpha value is -1.83. The Bertz CT molecular complexity index is 540. The molecule has 1 fully saturated rings. The van der Waals surface area contributed by atoms with E-state index < -0.39 is 5.60 Å². The van der Waals surface area contributed by atoms with Crippen molar-refractivity contribution in [2.45, 2.75) is 38.4 Å². The van der Waals surface area contributed by atoms with Crippen molar-refractivity contribution in [3.8, 4) is 11.8 Å². The minimum absolute atomic E-state index is 0.104. The molecule has 0 aliphatic carbocycles. The predicted molar refractivity (Wildman–Crippen MR) is 80.9 cm³/mol. The molecule has 1 aromatic carbocycles. The molecule has 0 radical (unpaired) electrons. The molecule has 1 aliphatic heterocycles. The summed E-state index contributed by atoms with van der Waals surface area (Å²) in [5.74, 6) is 5.51. The summed E-state index contributed by atoms with van der Waals surface area (Å²) in [6.45, 7) is 4.61. The maximum absolute atomic E-state index is 12.0. The van der Waals surface area contributed by atoms with Crippen LogP contribution in [0.4, 0.5) is 0 Å². The van der Waals surface area contributed by atoms with Crippen molar-refractivity contribution in [1.82, 2.24) is 5.32 Å². The van der Waals surface area contributed by atoms with Crippen LogP contribution in [0, 0.1) is 11.8 Å². The summed E-state index contributed by atoms with van der Waals surface area (Å²) in [5.41, 5.74) is 0.353. The van der Waals surface area contributed by atoms with Crippen LogP contribution in [-0.4, -0.2) is 35.9 Å². The van der Waals surface area contributed by atoms with E-state index in [9.17, 15) is 9.90 Å². The van der Waals surface area contributed by atoms with Gasteiger partial charge in [0.15, 0.2) is 0 Å². The smallest absolute Gasteiger partial charge is 0.251 e. The fourth-order valence-electron chi connectivity index (χ4n) is 2.04. The maximum Gasteiger partial charge on any atom is 0.251 e. The molecule has 1 amide bonds. The van der Waals surface area contributed by atoms with Gasteiger partial charge in [0.25, 0.3) is 5.91 Å². The molecule has 1 aromatic rings. The zero-order valence-electron chi connectivity index (χ0n) is 12.5. The highest BCUT2D eigenvalue weighted by molar-refractivity contribution is 5.94. The van der Waals surface area contributed by atoms with Crippen molar-refractivity contribution in [2.24, 2.45) is 0 Å². The molecule has 1 heterocycles. The first-order chi connectivity index (χ1) is 9.94. The minimum atomic E-state index is -1.02. The van der Waals surface area contributed by atoms with Crippen LogP contribution < -0.4 is 5.32 Å². The van der Waals surface area contributed by atoms with Crippen molar-refractivity contribution in [2.75, 3.05) is 13.2 Å². The number of ether oxygens (including phenoxy) is 1. The van der Waals surface area contributed by atoms with Crippen LogP contribution in [0.3, 0.4) is 0 Å². The molecule has 4 heteroatoms. The fraction of sp³-hybridized carbons (Fsp3) is 0.471. The van der Waals surface area contributed by atoms with Gasteiger partial charge in [-0.3, -0.25) is 4.79 Å². The molecule has 1 atom stereocenters. The highest BCUT2D eigenvalue weighted by Gasteiger charge is 2.16. The molecule has 0 aromatic heterocycles. The second-order valence-electron chi connectivity index (χ2n) is 5.73. The Morgan fingerprint density at radius 1 is 1.43 bits per heavy atom. The van der Waals surface area contributed by atoms with E-state index in [1.54, 1.807) is 38.1 Å². The van der Waals surface area contributed by atoms with Gasteiger partial charge in [0.1, 0.15) is 5.60 Å². The predicted octanol–water partition coefficient (Wildman–Crippen LogP) is 1.72. The van der Waals surface area contributed by atoms with Gasteiger partial charge in [-0.1, -0.05) is 11.8 Å². The first-order valence-electron chi connectivity index (χ1n) is 7.19. The van der Waals surface area contributed by atoms with Crippen LogP contribution in [0.15, 0.2) is 24.3 Å². The Balaban J connectivity index is 1.91. The number of benzene rings is 1. The van der Waals surface area contributed by atoms with E-state index in [0.29, 0.717) is 12.1 Å². The third-order valence-electron chi connectivity index (χ3n) is 3.17. The van der Waals surface area contributed by atoms with Crippen molar-refractivity contribution in [3.63, 3.8) is 0 Å². The molecule has 2 N–H and O–H groups in total. The van der Waals surface area contributed by atoms with Crippen molar-refractivity contribution in [3.05, 3.63) is 35.4 Å². The number of hydrogen-bond acceptors (Lipinski definition) is 3. The van der Waals surface area contributed by atoms with Gasteiger partial charge in [0, 0.05) is 24.3 Å². The third-order valence-corrected chi connectivity index (χ3v) is 3.17. The Kier molecular flexibility index (Phi) is 5.00. The van der Waals surface area contributed by atoms with Crippen LogP contribution in [0.5, 0.6) is 0 Å². The molecule has 0 spiro atoms. The van der Waals surface area contributed by atoms with E-state index in [0.717, 1.165) is 25.0 Å². The average Bonchev–Trinajstić information content (AvgIpc) is 2.95. The van der Waals surface area contributed by atoms with Crippen molar-refractivity contribution < 1.29 is 14.6 Å². The number of amides is 1. The van der Waals surface area contributed by atoms with E-state index >= 15 is 0 Å². The standard InChI is InChI=1S/C17H21NO3/c1-17(2,20)10-9-13-5-7-14(8-6-13)16(19)18-12-15-4-3-11-21-15/h5-8,15,20H,3-4,11-12H2,1-2H3,(H,18,19)/t15-/m0/s1. The first-order valence-corrected chi connectivity index (χ1v) is 7.19. The van der Waals surface area contributed by atoms with Crippen LogP contribution in [-0.2, 0) is 4.74 Å². The largest absolute Gasteiger partial charge is 0.378 e. The lowest BCUT2D eigenvalue weighted by Gasteiger charge is -2.10. The number of hydrogen-bond donors (Lipinski definition) is 2. The monoisotopic (exact) mass is 287 g/mol. The molecule has 2 rings (SSSR count).